The van der Waals surface area contributed by atoms with Crippen molar-refractivity contribution in [2.75, 3.05) is 25.1 Å². The number of rotatable bonds is 3. The maximum Gasteiger partial charge on any atom is 0.117 e. The average molecular weight is 264 g/mol. The van der Waals surface area contributed by atoms with Gasteiger partial charge in [0.15, 0.2) is 0 Å². The molecule has 1 saturated heterocycles. The van der Waals surface area contributed by atoms with Crippen LogP contribution < -0.4 is 5.32 Å². The summed E-state index contributed by atoms with van der Waals surface area (Å²) < 4.78 is 9.65. The zero-order chi connectivity index (χ0) is 12.4. The van der Waals surface area contributed by atoms with Gasteiger partial charge in [0.05, 0.1) is 11.1 Å². The topological polar surface area (TPSA) is 54.4 Å². The van der Waals surface area contributed by atoms with Crippen molar-refractivity contribution in [3.63, 3.8) is 0 Å². The zero-order valence-corrected chi connectivity index (χ0v) is 10.9. The van der Waals surface area contributed by atoms with Gasteiger partial charge in [-0.3, -0.25) is 0 Å². The van der Waals surface area contributed by atoms with Crippen molar-refractivity contribution in [2.45, 2.75) is 18.4 Å². The maximum atomic E-state index is 10.4. The largest absolute Gasteiger partial charge is 0.388 e. The van der Waals surface area contributed by atoms with Crippen LogP contribution >= 0.6 is 11.5 Å². The van der Waals surface area contributed by atoms with Gasteiger partial charge in [-0.1, -0.05) is 12.1 Å². The number of aromatic nitrogens is 1. The fourth-order valence-corrected chi connectivity index (χ4v) is 2.95. The van der Waals surface area contributed by atoms with Crippen LogP contribution in [0, 0.1) is 0 Å². The van der Waals surface area contributed by atoms with E-state index in [1.165, 1.54) is 11.5 Å². The van der Waals surface area contributed by atoms with Crippen molar-refractivity contribution in [3.05, 3.63) is 24.3 Å². The molecule has 18 heavy (non-hydrogen) atoms. The molecule has 5 heteroatoms. The highest BCUT2D eigenvalue weighted by Gasteiger charge is 2.29. The fraction of sp³-hybridized carbons (Fsp3) is 0.462. The lowest BCUT2D eigenvalue weighted by Gasteiger charge is -2.32. The Morgan fingerprint density at radius 3 is 2.94 bits per heavy atom. The van der Waals surface area contributed by atoms with Crippen LogP contribution in [0.4, 0.5) is 5.00 Å². The van der Waals surface area contributed by atoms with E-state index >= 15 is 0 Å². The number of hydrogen-bond acceptors (Lipinski definition) is 5. The molecule has 1 fully saturated rings. The number of hydrogen-bond donors (Lipinski definition) is 2. The van der Waals surface area contributed by atoms with Crippen LogP contribution in [0.1, 0.15) is 12.8 Å². The summed E-state index contributed by atoms with van der Waals surface area (Å²) in [6.07, 6.45) is 1.38. The normalized spacial score (nSPS) is 18.9. The Kier molecular flexibility index (Phi) is 3.20. The van der Waals surface area contributed by atoms with Crippen LogP contribution in [0.25, 0.3) is 10.9 Å². The number of anilines is 1. The predicted octanol–water partition coefficient (Wildman–Crippen LogP) is 2.25. The minimum Gasteiger partial charge on any atom is -0.388 e. The summed E-state index contributed by atoms with van der Waals surface area (Å²) in [6, 6.07) is 8.04. The van der Waals surface area contributed by atoms with Crippen molar-refractivity contribution in [2.24, 2.45) is 0 Å². The van der Waals surface area contributed by atoms with Gasteiger partial charge in [0.1, 0.15) is 5.00 Å². The van der Waals surface area contributed by atoms with Gasteiger partial charge in [-0.05, 0) is 23.7 Å². The van der Waals surface area contributed by atoms with E-state index in [0.29, 0.717) is 32.6 Å². The van der Waals surface area contributed by atoms with Crippen molar-refractivity contribution < 1.29 is 9.84 Å². The van der Waals surface area contributed by atoms with Crippen molar-refractivity contribution in [3.8, 4) is 0 Å². The van der Waals surface area contributed by atoms with Gasteiger partial charge >= 0.3 is 0 Å². The summed E-state index contributed by atoms with van der Waals surface area (Å²) in [6.45, 7) is 1.84. The first-order valence-electron chi connectivity index (χ1n) is 6.15. The van der Waals surface area contributed by atoms with E-state index in [2.05, 4.69) is 15.8 Å². The van der Waals surface area contributed by atoms with Crippen molar-refractivity contribution in [1.29, 1.82) is 0 Å². The first kappa shape index (κ1) is 11.9. The Balaban J connectivity index is 1.73. The Morgan fingerprint density at radius 1 is 1.33 bits per heavy atom. The molecule has 0 saturated carbocycles. The molecule has 1 aliphatic heterocycles. The second-order valence-electron chi connectivity index (χ2n) is 4.72. The molecule has 0 bridgehead atoms. The molecule has 2 aromatic rings. The molecule has 1 aromatic carbocycles. The second kappa shape index (κ2) is 4.84. The van der Waals surface area contributed by atoms with Gasteiger partial charge in [-0.25, -0.2) is 0 Å². The molecular formula is C13H16N2O2S. The predicted molar refractivity (Wildman–Crippen MR) is 73.1 cm³/mol. The van der Waals surface area contributed by atoms with Gasteiger partial charge in [-0.2, -0.15) is 4.37 Å². The third-order valence-electron chi connectivity index (χ3n) is 3.39. The summed E-state index contributed by atoms with van der Waals surface area (Å²) in [5.41, 5.74) is 0.354. The molecule has 3 rings (SSSR count). The highest BCUT2D eigenvalue weighted by atomic mass is 32.1. The van der Waals surface area contributed by atoms with Gasteiger partial charge in [0, 0.05) is 38.0 Å². The quantitative estimate of drug-likeness (QED) is 0.892. The van der Waals surface area contributed by atoms with E-state index in [0.717, 1.165) is 15.9 Å². The molecular weight excluding hydrogens is 248 g/mol. The van der Waals surface area contributed by atoms with Crippen LogP contribution in [0.5, 0.6) is 0 Å². The fourth-order valence-electron chi connectivity index (χ4n) is 2.19. The minimum atomic E-state index is -0.649. The van der Waals surface area contributed by atoms with Crippen molar-refractivity contribution in [1.82, 2.24) is 4.37 Å². The van der Waals surface area contributed by atoms with E-state index in [4.69, 9.17) is 4.74 Å². The summed E-state index contributed by atoms with van der Waals surface area (Å²) >= 11 is 1.45. The molecule has 2 heterocycles. The Hall–Kier alpha value is -1.17. The SMILES string of the molecule is OC1(CNc2snc3ccccc23)CCOCC1. The molecule has 0 atom stereocenters. The maximum absolute atomic E-state index is 10.4. The van der Waals surface area contributed by atoms with E-state index in [1.807, 2.05) is 18.2 Å². The molecule has 4 nitrogen and oxygen atoms in total. The summed E-state index contributed by atoms with van der Waals surface area (Å²) in [5, 5.41) is 15.9. The number of benzene rings is 1. The lowest BCUT2D eigenvalue weighted by Crippen LogP contribution is -2.42. The number of nitrogens with one attached hydrogen (secondary N) is 1. The lowest BCUT2D eigenvalue weighted by molar-refractivity contribution is -0.0542. The molecule has 1 aromatic heterocycles. The molecule has 0 unspecified atom stereocenters. The molecule has 0 amide bonds. The van der Waals surface area contributed by atoms with Crippen LogP contribution in [0.3, 0.4) is 0 Å². The standard InChI is InChI=1S/C13H16N2O2S/c16-13(5-7-17-8-6-13)9-14-12-10-3-1-2-4-11(10)15-18-12/h1-4,14,16H,5-9H2. The van der Waals surface area contributed by atoms with E-state index in [9.17, 15) is 5.11 Å². The van der Waals surface area contributed by atoms with E-state index in [1.54, 1.807) is 0 Å². The first-order valence-corrected chi connectivity index (χ1v) is 6.93. The first-order chi connectivity index (χ1) is 8.77. The van der Waals surface area contributed by atoms with Crippen molar-refractivity contribution >= 4 is 27.4 Å². The van der Waals surface area contributed by atoms with E-state index < -0.39 is 5.60 Å². The highest BCUT2D eigenvalue weighted by Crippen LogP contribution is 2.29. The van der Waals surface area contributed by atoms with Crippen LogP contribution in [-0.4, -0.2) is 34.8 Å². The number of aliphatic hydroxyl groups is 1. The second-order valence-corrected chi connectivity index (χ2v) is 5.49. The monoisotopic (exact) mass is 264 g/mol. The van der Waals surface area contributed by atoms with Gasteiger partial charge in [0.2, 0.25) is 0 Å². The highest BCUT2D eigenvalue weighted by molar-refractivity contribution is 7.11. The number of fused-ring (bicyclic) bond motifs is 1. The number of nitrogens with zero attached hydrogens (tertiary/aromatic N) is 1. The summed E-state index contributed by atoms with van der Waals surface area (Å²) in [5.74, 6) is 0. The molecule has 2 N–H and O–H groups in total. The van der Waals surface area contributed by atoms with Crippen LogP contribution in [0.2, 0.25) is 0 Å². The van der Waals surface area contributed by atoms with Crippen LogP contribution in [0.15, 0.2) is 24.3 Å². The molecule has 96 valence electrons. The van der Waals surface area contributed by atoms with Gasteiger partial charge in [0.25, 0.3) is 0 Å². The Morgan fingerprint density at radius 2 is 2.11 bits per heavy atom. The molecule has 0 spiro atoms. The van der Waals surface area contributed by atoms with Gasteiger partial charge in [-0.15, -0.1) is 0 Å². The summed E-state index contributed by atoms with van der Waals surface area (Å²) in [4.78, 5) is 0. The zero-order valence-electron chi connectivity index (χ0n) is 10.1. The van der Waals surface area contributed by atoms with Gasteiger partial charge < -0.3 is 15.2 Å². The molecule has 0 radical (unpaired) electrons. The smallest absolute Gasteiger partial charge is 0.117 e. The Bertz CT molecular complexity index is 535. The lowest BCUT2D eigenvalue weighted by atomic mass is 9.94. The average Bonchev–Trinajstić information content (AvgIpc) is 2.81. The van der Waals surface area contributed by atoms with E-state index in [-0.39, 0.29) is 0 Å². The summed E-state index contributed by atoms with van der Waals surface area (Å²) in [7, 11) is 0. The number of ether oxygens (including phenoxy) is 1. The third-order valence-corrected chi connectivity index (χ3v) is 4.22. The Labute approximate surface area is 110 Å². The minimum absolute atomic E-state index is 0.558. The molecule has 1 aliphatic rings. The van der Waals surface area contributed by atoms with Crippen LogP contribution in [-0.2, 0) is 4.74 Å². The third kappa shape index (κ3) is 2.34. The molecule has 0 aliphatic carbocycles.